The number of ether oxygens (including phenoxy) is 2. The molecule has 0 aliphatic carbocycles. The molecule has 0 spiro atoms. The number of carbonyl (C=O) groups excluding carboxylic acids is 2. The maximum Gasteiger partial charge on any atom is 0.295 e. The lowest BCUT2D eigenvalue weighted by Crippen LogP contribution is -2.33. The Kier molecular flexibility index (Phi) is 7.18. The SMILES string of the molecule is COCCN1C(=O)C(=O)/C(=C(\O)c2ccc(Br)c(C)c2)C1c1ccccc1OC(C)C. The largest absolute Gasteiger partial charge is 0.507 e. The summed E-state index contributed by atoms with van der Waals surface area (Å²) in [4.78, 5) is 27.4. The smallest absolute Gasteiger partial charge is 0.295 e. The van der Waals surface area contributed by atoms with Crippen LogP contribution in [0.4, 0.5) is 0 Å². The minimum atomic E-state index is -0.783. The van der Waals surface area contributed by atoms with E-state index in [-0.39, 0.29) is 30.6 Å². The highest BCUT2D eigenvalue weighted by Gasteiger charge is 2.46. The van der Waals surface area contributed by atoms with Crippen molar-refractivity contribution in [2.45, 2.75) is 32.9 Å². The highest BCUT2D eigenvalue weighted by atomic mass is 79.9. The molecular weight excluding hydrogens is 462 g/mol. The van der Waals surface area contributed by atoms with Crippen molar-refractivity contribution in [1.82, 2.24) is 4.90 Å². The zero-order chi connectivity index (χ0) is 22.7. The van der Waals surface area contributed by atoms with Gasteiger partial charge in [-0.05, 0) is 44.5 Å². The van der Waals surface area contributed by atoms with Crippen LogP contribution in [-0.4, -0.2) is 48.1 Å². The average Bonchev–Trinajstić information content (AvgIpc) is 2.98. The fraction of sp³-hybridized carbons (Fsp3) is 0.333. The number of hydrogen-bond donors (Lipinski definition) is 1. The van der Waals surface area contributed by atoms with Gasteiger partial charge in [-0.25, -0.2) is 0 Å². The van der Waals surface area contributed by atoms with Gasteiger partial charge in [-0.3, -0.25) is 9.59 Å². The van der Waals surface area contributed by atoms with E-state index in [2.05, 4.69) is 15.9 Å². The molecule has 1 aliphatic rings. The summed E-state index contributed by atoms with van der Waals surface area (Å²) in [7, 11) is 1.53. The number of Topliss-reactive ketones (excluding diaryl/α,β-unsaturated/α-hetero) is 1. The molecule has 6 nitrogen and oxygen atoms in total. The molecule has 1 unspecified atom stereocenters. The van der Waals surface area contributed by atoms with Crippen LogP contribution in [-0.2, 0) is 14.3 Å². The average molecular weight is 488 g/mol. The van der Waals surface area contributed by atoms with E-state index in [9.17, 15) is 14.7 Å². The van der Waals surface area contributed by atoms with Crippen LogP contribution in [0.25, 0.3) is 5.76 Å². The maximum atomic E-state index is 13.1. The Hall–Kier alpha value is -2.64. The molecule has 1 N–H and O–H groups in total. The number of halogens is 1. The summed E-state index contributed by atoms with van der Waals surface area (Å²) >= 11 is 3.44. The Labute approximate surface area is 190 Å². The van der Waals surface area contributed by atoms with E-state index >= 15 is 0 Å². The third-order valence-electron chi connectivity index (χ3n) is 5.08. The Morgan fingerprint density at radius 3 is 2.55 bits per heavy atom. The lowest BCUT2D eigenvalue weighted by molar-refractivity contribution is -0.140. The van der Waals surface area contributed by atoms with Gasteiger partial charge in [-0.1, -0.05) is 40.2 Å². The van der Waals surface area contributed by atoms with Gasteiger partial charge in [-0.2, -0.15) is 0 Å². The molecule has 0 bridgehead atoms. The van der Waals surface area contributed by atoms with Crippen LogP contribution < -0.4 is 4.74 Å². The van der Waals surface area contributed by atoms with Crippen molar-refractivity contribution in [3.63, 3.8) is 0 Å². The summed E-state index contributed by atoms with van der Waals surface area (Å²) in [5.41, 5.74) is 2.06. The Morgan fingerprint density at radius 1 is 1.19 bits per heavy atom. The lowest BCUT2D eigenvalue weighted by Gasteiger charge is -2.27. The molecule has 1 atom stereocenters. The predicted octanol–water partition coefficient (Wildman–Crippen LogP) is 4.61. The molecule has 1 aliphatic heterocycles. The summed E-state index contributed by atoms with van der Waals surface area (Å²) in [6, 6.07) is 11.8. The van der Waals surface area contributed by atoms with Crippen LogP contribution in [0.5, 0.6) is 5.75 Å². The summed E-state index contributed by atoms with van der Waals surface area (Å²) < 4.78 is 12.0. The van der Waals surface area contributed by atoms with Crippen LogP contribution in [0.3, 0.4) is 0 Å². The van der Waals surface area contributed by atoms with Crippen LogP contribution in [0.2, 0.25) is 0 Å². The van der Waals surface area contributed by atoms with Gasteiger partial charge in [0.1, 0.15) is 11.5 Å². The third-order valence-corrected chi connectivity index (χ3v) is 5.97. The highest BCUT2D eigenvalue weighted by molar-refractivity contribution is 9.10. The van der Waals surface area contributed by atoms with Crippen LogP contribution in [0, 0.1) is 6.92 Å². The lowest BCUT2D eigenvalue weighted by atomic mass is 9.94. The Bertz CT molecular complexity index is 1030. The molecule has 3 rings (SSSR count). The highest BCUT2D eigenvalue weighted by Crippen LogP contribution is 2.43. The molecule has 31 heavy (non-hydrogen) atoms. The van der Waals surface area contributed by atoms with Gasteiger partial charge in [0, 0.05) is 29.3 Å². The quantitative estimate of drug-likeness (QED) is 0.350. The van der Waals surface area contributed by atoms with Gasteiger partial charge in [0.2, 0.25) is 0 Å². The van der Waals surface area contributed by atoms with E-state index in [1.807, 2.05) is 39.0 Å². The molecule has 7 heteroatoms. The number of benzene rings is 2. The van der Waals surface area contributed by atoms with E-state index in [0.29, 0.717) is 16.9 Å². The van der Waals surface area contributed by atoms with Crippen molar-refractivity contribution in [2.75, 3.05) is 20.3 Å². The number of aliphatic hydroxyl groups is 1. The maximum absolute atomic E-state index is 13.1. The van der Waals surface area contributed by atoms with Gasteiger partial charge >= 0.3 is 0 Å². The number of rotatable bonds is 7. The standard InChI is InChI=1S/C24H26BrNO5/c1-14(2)31-19-8-6-5-7-17(19)21-20(23(28)24(29)26(21)11-12-30-4)22(27)16-9-10-18(25)15(3)13-16/h5-10,13-14,21,27H,11-12H2,1-4H3/b22-20-. The van der Waals surface area contributed by atoms with Crippen molar-refractivity contribution in [3.05, 3.63) is 69.2 Å². The second-order valence-corrected chi connectivity index (χ2v) is 8.51. The van der Waals surface area contributed by atoms with Gasteiger partial charge in [0.05, 0.1) is 24.3 Å². The number of para-hydroxylation sites is 1. The minimum absolute atomic E-state index is 0.0441. The number of ketones is 1. The minimum Gasteiger partial charge on any atom is -0.507 e. The number of likely N-dealkylation sites (tertiary alicyclic amines) is 1. The molecule has 1 heterocycles. The second kappa shape index (κ2) is 9.66. The van der Waals surface area contributed by atoms with Crippen LogP contribution in [0.15, 0.2) is 52.5 Å². The second-order valence-electron chi connectivity index (χ2n) is 7.65. The molecule has 0 aromatic heterocycles. The van der Waals surface area contributed by atoms with E-state index < -0.39 is 17.7 Å². The first-order valence-electron chi connectivity index (χ1n) is 10.1. The van der Waals surface area contributed by atoms with E-state index in [1.54, 1.807) is 24.3 Å². The van der Waals surface area contributed by atoms with Gasteiger partial charge in [0.15, 0.2) is 0 Å². The van der Waals surface area contributed by atoms with Crippen molar-refractivity contribution < 1.29 is 24.2 Å². The number of hydrogen-bond acceptors (Lipinski definition) is 5. The molecule has 0 radical (unpaired) electrons. The number of carbonyl (C=O) groups is 2. The number of aryl methyl sites for hydroxylation is 1. The zero-order valence-electron chi connectivity index (χ0n) is 18.0. The number of aliphatic hydroxyl groups excluding tert-OH is 1. The fourth-order valence-corrected chi connectivity index (χ4v) is 3.89. The van der Waals surface area contributed by atoms with Crippen molar-refractivity contribution in [1.29, 1.82) is 0 Å². The first kappa shape index (κ1) is 23.0. The van der Waals surface area contributed by atoms with E-state index in [0.717, 1.165) is 10.0 Å². The number of methoxy groups -OCH3 is 1. The van der Waals surface area contributed by atoms with Crippen LogP contribution in [0.1, 0.15) is 36.6 Å². The first-order chi connectivity index (χ1) is 14.8. The molecule has 1 amide bonds. The fourth-order valence-electron chi connectivity index (χ4n) is 3.64. The predicted molar refractivity (Wildman–Crippen MR) is 122 cm³/mol. The van der Waals surface area contributed by atoms with Gasteiger partial charge in [-0.15, -0.1) is 0 Å². The third kappa shape index (κ3) is 4.67. The zero-order valence-corrected chi connectivity index (χ0v) is 19.6. The number of amides is 1. The summed E-state index contributed by atoms with van der Waals surface area (Å²) in [5, 5.41) is 11.2. The monoisotopic (exact) mass is 487 g/mol. The topological polar surface area (TPSA) is 76.1 Å². The van der Waals surface area contributed by atoms with Gasteiger partial charge in [0.25, 0.3) is 11.7 Å². The Balaban J connectivity index is 2.22. The van der Waals surface area contributed by atoms with Crippen molar-refractivity contribution in [3.8, 4) is 5.75 Å². The van der Waals surface area contributed by atoms with E-state index in [1.165, 1.54) is 12.0 Å². The first-order valence-corrected chi connectivity index (χ1v) is 10.8. The van der Waals surface area contributed by atoms with Crippen molar-refractivity contribution in [2.24, 2.45) is 0 Å². The summed E-state index contributed by atoms with van der Waals surface area (Å²) in [6.45, 7) is 6.17. The van der Waals surface area contributed by atoms with Gasteiger partial charge < -0.3 is 19.5 Å². The normalized spacial score (nSPS) is 18.1. The van der Waals surface area contributed by atoms with Crippen molar-refractivity contribution >= 4 is 33.4 Å². The summed E-state index contributed by atoms with van der Waals surface area (Å²) in [5.74, 6) is -1.04. The molecule has 0 saturated carbocycles. The molecular formula is C24H26BrNO5. The number of nitrogens with zero attached hydrogens (tertiary/aromatic N) is 1. The summed E-state index contributed by atoms with van der Waals surface area (Å²) in [6.07, 6.45) is -0.100. The van der Waals surface area contributed by atoms with Crippen LogP contribution >= 0.6 is 15.9 Å². The molecule has 164 valence electrons. The molecule has 2 aromatic rings. The van der Waals surface area contributed by atoms with E-state index in [4.69, 9.17) is 9.47 Å². The molecule has 1 saturated heterocycles. The molecule has 2 aromatic carbocycles. The Morgan fingerprint density at radius 2 is 1.90 bits per heavy atom. The molecule has 1 fully saturated rings.